The quantitative estimate of drug-likeness (QED) is 0.862. The van der Waals surface area contributed by atoms with Crippen molar-refractivity contribution < 1.29 is 4.79 Å². The average molecular weight is 331 g/mol. The Labute approximate surface area is 141 Å². The highest BCUT2D eigenvalue weighted by Gasteiger charge is 2.23. The lowest BCUT2D eigenvalue weighted by Crippen LogP contribution is -2.52. The lowest BCUT2D eigenvalue weighted by molar-refractivity contribution is -0.123. The van der Waals surface area contributed by atoms with E-state index in [2.05, 4.69) is 51.1 Å². The Morgan fingerprint density at radius 3 is 2.75 bits per heavy atom. The van der Waals surface area contributed by atoms with Crippen molar-refractivity contribution in [2.45, 2.75) is 32.7 Å². The van der Waals surface area contributed by atoms with Gasteiger partial charge in [0.25, 0.3) is 5.78 Å². The molecule has 1 saturated heterocycles. The van der Waals surface area contributed by atoms with Gasteiger partial charge in [0.1, 0.15) is 12.1 Å². The number of aromatic nitrogens is 4. The summed E-state index contributed by atoms with van der Waals surface area (Å²) in [6.07, 6.45) is 4.36. The summed E-state index contributed by atoms with van der Waals surface area (Å²) >= 11 is 0. The molecule has 2 aromatic rings. The number of carbonyl (C=O) groups excluding carboxylic acids is 1. The number of anilines is 1. The van der Waals surface area contributed by atoms with Crippen LogP contribution in [0.2, 0.25) is 0 Å². The summed E-state index contributed by atoms with van der Waals surface area (Å²) in [6, 6.07) is 1.97. The number of nitrogens with one attached hydrogen (secondary N) is 1. The van der Waals surface area contributed by atoms with E-state index in [-0.39, 0.29) is 11.4 Å². The molecule has 1 aliphatic heterocycles. The van der Waals surface area contributed by atoms with E-state index in [4.69, 9.17) is 0 Å². The van der Waals surface area contributed by atoms with Gasteiger partial charge < -0.3 is 10.2 Å². The van der Waals surface area contributed by atoms with Crippen LogP contribution in [0.15, 0.2) is 18.6 Å². The molecule has 0 spiro atoms. The molecule has 0 bridgehead atoms. The molecule has 0 radical (unpaired) electrons. The minimum absolute atomic E-state index is 0.0976. The van der Waals surface area contributed by atoms with Gasteiger partial charge in [0, 0.05) is 37.9 Å². The molecule has 3 heterocycles. The molecule has 8 heteroatoms. The monoisotopic (exact) mass is 331 g/mol. The molecule has 24 heavy (non-hydrogen) atoms. The summed E-state index contributed by atoms with van der Waals surface area (Å²) in [5.74, 6) is 1.75. The maximum Gasteiger partial charge on any atom is 0.256 e. The van der Waals surface area contributed by atoms with Crippen molar-refractivity contribution in [3.05, 3.63) is 18.6 Å². The number of rotatable bonds is 5. The van der Waals surface area contributed by atoms with Crippen molar-refractivity contribution >= 4 is 17.5 Å². The van der Waals surface area contributed by atoms with E-state index in [1.807, 2.05) is 10.5 Å². The Kier molecular flexibility index (Phi) is 4.66. The SMILES string of the molecule is CCC(C)(C)NC(=O)CN1CCN(c2ccnc3nncn23)CC1. The third kappa shape index (κ3) is 3.64. The molecule has 0 saturated carbocycles. The molecule has 8 nitrogen and oxygen atoms in total. The maximum atomic E-state index is 12.2. The fourth-order valence-electron chi connectivity index (χ4n) is 2.83. The summed E-state index contributed by atoms with van der Waals surface area (Å²) in [5.41, 5.74) is -0.143. The van der Waals surface area contributed by atoms with Gasteiger partial charge in [-0.2, -0.15) is 0 Å². The van der Waals surface area contributed by atoms with Gasteiger partial charge in [-0.1, -0.05) is 6.92 Å². The highest BCUT2D eigenvalue weighted by atomic mass is 16.2. The van der Waals surface area contributed by atoms with Crippen molar-refractivity contribution in [2.24, 2.45) is 0 Å². The predicted molar refractivity (Wildman–Crippen MR) is 91.9 cm³/mol. The van der Waals surface area contributed by atoms with E-state index >= 15 is 0 Å². The second kappa shape index (κ2) is 6.72. The molecule has 1 amide bonds. The minimum Gasteiger partial charge on any atom is -0.355 e. The van der Waals surface area contributed by atoms with Gasteiger partial charge in [-0.25, -0.2) is 4.98 Å². The summed E-state index contributed by atoms with van der Waals surface area (Å²) in [4.78, 5) is 20.9. The van der Waals surface area contributed by atoms with E-state index in [1.165, 1.54) is 0 Å². The minimum atomic E-state index is -0.143. The zero-order chi connectivity index (χ0) is 17.2. The van der Waals surface area contributed by atoms with Crippen LogP contribution >= 0.6 is 0 Å². The molecule has 0 aliphatic carbocycles. The zero-order valence-electron chi connectivity index (χ0n) is 14.6. The van der Waals surface area contributed by atoms with Crippen LogP contribution in [0.3, 0.4) is 0 Å². The van der Waals surface area contributed by atoms with Crippen LogP contribution in [0.25, 0.3) is 5.78 Å². The third-order valence-corrected chi connectivity index (χ3v) is 4.62. The molecule has 2 aromatic heterocycles. The molecule has 0 unspecified atom stereocenters. The first kappa shape index (κ1) is 16.6. The van der Waals surface area contributed by atoms with Crippen molar-refractivity contribution in [1.82, 2.24) is 29.8 Å². The van der Waals surface area contributed by atoms with Crippen LogP contribution in [0, 0.1) is 0 Å². The van der Waals surface area contributed by atoms with Crippen molar-refractivity contribution in [3.63, 3.8) is 0 Å². The van der Waals surface area contributed by atoms with Crippen LogP contribution in [-0.4, -0.2) is 68.7 Å². The number of hydrogen-bond acceptors (Lipinski definition) is 6. The first-order valence-corrected chi connectivity index (χ1v) is 8.41. The third-order valence-electron chi connectivity index (χ3n) is 4.62. The van der Waals surface area contributed by atoms with E-state index in [1.54, 1.807) is 12.5 Å². The van der Waals surface area contributed by atoms with Gasteiger partial charge in [-0.15, -0.1) is 10.2 Å². The van der Waals surface area contributed by atoms with E-state index in [0.29, 0.717) is 12.3 Å². The standard InChI is InChI=1S/C16H25N7O/c1-4-16(2,3)19-13(24)11-21-7-9-22(10-8-21)14-5-6-17-15-20-18-12-23(14)15/h5-6,12H,4,7-11H2,1-3H3,(H,19,24). The largest absolute Gasteiger partial charge is 0.355 e. The number of fused-ring (bicyclic) bond motifs is 1. The predicted octanol–water partition coefficient (Wildman–Crippen LogP) is 0.551. The van der Waals surface area contributed by atoms with E-state index in [9.17, 15) is 4.79 Å². The van der Waals surface area contributed by atoms with Gasteiger partial charge in [-0.3, -0.25) is 14.1 Å². The molecule has 1 fully saturated rings. The molecule has 1 aliphatic rings. The Hall–Kier alpha value is -2.22. The summed E-state index contributed by atoms with van der Waals surface area (Å²) in [7, 11) is 0. The van der Waals surface area contributed by atoms with Crippen LogP contribution in [0.5, 0.6) is 0 Å². The van der Waals surface area contributed by atoms with Crippen LogP contribution < -0.4 is 10.2 Å². The Morgan fingerprint density at radius 2 is 2.04 bits per heavy atom. The summed E-state index contributed by atoms with van der Waals surface area (Å²) in [5, 5.41) is 11.0. The number of amides is 1. The van der Waals surface area contributed by atoms with Crippen molar-refractivity contribution in [2.75, 3.05) is 37.6 Å². The normalized spacial score (nSPS) is 16.5. The lowest BCUT2D eigenvalue weighted by Gasteiger charge is -2.36. The fourth-order valence-corrected chi connectivity index (χ4v) is 2.83. The number of piperazine rings is 1. The first-order chi connectivity index (χ1) is 11.5. The number of carbonyl (C=O) groups is 1. The molecular weight excluding hydrogens is 306 g/mol. The molecule has 130 valence electrons. The van der Waals surface area contributed by atoms with E-state index < -0.39 is 0 Å². The second-order valence-electron chi connectivity index (χ2n) is 6.85. The Morgan fingerprint density at radius 1 is 1.29 bits per heavy atom. The lowest BCUT2D eigenvalue weighted by atomic mass is 10.0. The highest BCUT2D eigenvalue weighted by Crippen LogP contribution is 2.16. The van der Waals surface area contributed by atoms with Gasteiger partial charge in [0.15, 0.2) is 0 Å². The Bertz CT molecular complexity index is 703. The molecular formula is C16H25N7O. The Balaban J connectivity index is 1.56. The summed E-state index contributed by atoms with van der Waals surface area (Å²) in [6.45, 7) is 10.1. The van der Waals surface area contributed by atoms with Gasteiger partial charge in [-0.05, 0) is 26.3 Å². The van der Waals surface area contributed by atoms with Gasteiger partial charge in [0.2, 0.25) is 5.91 Å². The number of hydrogen-bond donors (Lipinski definition) is 1. The van der Waals surface area contributed by atoms with Crippen molar-refractivity contribution in [1.29, 1.82) is 0 Å². The fraction of sp³-hybridized carbons (Fsp3) is 0.625. The van der Waals surface area contributed by atoms with Crippen LogP contribution in [0.4, 0.5) is 5.82 Å². The number of nitrogens with zero attached hydrogens (tertiary/aromatic N) is 6. The van der Waals surface area contributed by atoms with Gasteiger partial charge >= 0.3 is 0 Å². The van der Waals surface area contributed by atoms with E-state index in [0.717, 1.165) is 38.4 Å². The van der Waals surface area contributed by atoms with Crippen LogP contribution in [-0.2, 0) is 4.79 Å². The maximum absolute atomic E-state index is 12.2. The first-order valence-electron chi connectivity index (χ1n) is 8.41. The second-order valence-corrected chi connectivity index (χ2v) is 6.85. The zero-order valence-corrected chi connectivity index (χ0v) is 14.6. The van der Waals surface area contributed by atoms with Gasteiger partial charge in [0.05, 0.1) is 6.54 Å². The molecule has 0 aromatic carbocycles. The molecule has 1 N–H and O–H groups in total. The topological polar surface area (TPSA) is 78.7 Å². The average Bonchev–Trinajstić information content (AvgIpc) is 3.03. The highest BCUT2D eigenvalue weighted by molar-refractivity contribution is 5.78. The van der Waals surface area contributed by atoms with Crippen molar-refractivity contribution in [3.8, 4) is 0 Å². The van der Waals surface area contributed by atoms with Crippen LogP contribution in [0.1, 0.15) is 27.2 Å². The molecule has 0 atom stereocenters. The smallest absolute Gasteiger partial charge is 0.256 e. The molecule has 3 rings (SSSR count). The summed E-state index contributed by atoms with van der Waals surface area (Å²) < 4.78 is 1.89.